The van der Waals surface area contributed by atoms with E-state index in [-0.39, 0.29) is 19.6 Å². The fourth-order valence-corrected chi connectivity index (χ4v) is 6.41. The predicted molar refractivity (Wildman–Crippen MR) is 211 cm³/mol. The molecule has 6 atom stereocenters. The molecule has 0 aliphatic carbocycles. The Morgan fingerprint density at radius 1 is 0.722 bits per heavy atom. The summed E-state index contributed by atoms with van der Waals surface area (Å²) in [5, 5.41) is 30.5. The van der Waals surface area contributed by atoms with Crippen LogP contribution in [0.3, 0.4) is 0 Å². The maximum Gasteiger partial charge on any atom is 0.397 e. The van der Waals surface area contributed by atoms with Gasteiger partial charge >= 0.3 is 16.4 Å². The zero-order valence-corrected chi connectivity index (χ0v) is 33.8. The molecule has 314 valence electrons. The number of allylic oxidation sites excluding steroid dienone is 8. The van der Waals surface area contributed by atoms with Gasteiger partial charge in [0.25, 0.3) is 0 Å². The molecule has 13 heteroatoms. The molecule has 0 radical (unpaired) electrons. The van der Waals surface area contributed by atoms with Crippen molar-refractivity contribution >= 4 is 16.4 Å². The number of esters is 1. The molecule has 1 rings (SSSR count). The van der Waals surface area contributed by atoms with Gasteiger partial charge in [-0.1, -0.05) is 133 Å². The second kappa shape index (κ2) is 33.2. The minimum Gasteiger partial charge on any atom is -0.457 e. The second-order valence-electron chi connectivity index (χ2n) is 13.9. The Morgan fingerprint density at radius 2 is 1.28 bits per heavy atom. The van der Waals surface area contributed by atoms with Crippen molar-refractivity contribution < 1.29 is 56.2 Å². The highest BCUT2D eigenvalue weighted by Crippen LogP contribution is 2.26. The number of ether oxygens (including phenoxy) is 4. The lowest BCUT2D eigenvalue weighted by Crippen LogP contribution is -2.60. The third-order valence-corrected chi connectivity index (χ3v) is 9.43. The summed E-state index contributed by atoms with van der Waals surface area (Å²) in [5.41, 5.74) is 0. The Balaban J connectivity index is 2.39. The molecule has 0 saturated carbocycles. The first-order valence-corrected chi connectivity index (χ1v) is 21.8. The van der Waals surface area contributed by atoms with Crippen molar-refractivity contribution in [3.63, 3.8) is 0 Å². The summed E-state index contributed by atoms with van der Waals surface area (Å²) in [4.78, 5) is 12.7. The maximum atomic E-state index is 12.7. The Kier molecular flexibility index (Phi) is 30.8. The van der Waals surface area contributed by atoms with Crippen LogP contribution in [0.15, 0.2) is 48.6 Å². The van der Waals surface area contributed by atoms with Gasteiger partial charge in [0, 0.05) is 13.0 Å². The summed E-state index contributed by atoms with van der Waals surface area (Å²) in [6, 6.07) is 0. The van der Waals surface area contributed by atoms with Gasteiger partial charge in [-0.05, 0) is 51.4 Å². The van der Waals surface area contributed by atoms with Crippen molar-refractivity contribution in [2.24, 2.45) is 0 Å². The highest BCUT2D eigenvalue weighted by molar-refractivity contribution is 7.80. The first kappa shape index (κ1) is 50.1. The monoisotopic (exact) mass is 788 g/mol. The van der Waals surface area contributed by atoms with Gasteiger partial charge in [0.05, 0.1) is 19.8 Å². The Labute approximate surface area is 326 Å². The molecule has 0 amide bonds. The average Bonchev–Trinajstić information content (AvgIpc) is 3.14. The molecule has 1 saturated heterocycles. The molecule has 0 aromatic carbocycles. The summed E-state index contributed by atoms with van der Waals surface area (Å²) < 4.78 is 58.7. The van der Waals surface area contributed by atoms with E-state index in [1.165, 1.54) is 38.5 Å². The van der Waals surface area contributed by atoms with Crippen LogP contribution < -0.4 is 0 Å². The lowest BCUT2D eigenvalue weighted by atomic mass is 9.99. The highest BCUT2D eigenvalue weighted by atomic mass is 32.3. The number of carbonyl (C=O) groups excluding carboxylic acids is 1. The summed E-state index contributed by atoms with van der Waals surface area (Å²) in [5.74, 6) is -0.413. The standard InChI is InChI=1S/C41H72O12S/c1-3-5-7-9-11-12-13-14-15-16-17-18-19-20-21-22-23-25-27-29-31-49-33-35(51-37(43)30-28-26-24-10-8-6-4-2)34-50-41-39(45)40(53-54(46,47)48)38(44)36(32-42)52-41/h5,7,11-12,14-15,17-18,35-36,38-42,44-45H,3-4,6,8-10,13,16,19-34H2,1-2H3,(H,46,47,48)/b7-5-,12-11-,15-14-,18-17-. The number of hydrogen-bond acceptors (Lipinski definition) is 11. The minimum absolute atomic E-state index is 0.0277. The van der Waals surface area contributed by atoms with Gasteiger partial charge in [0.15, 0.2) is 6.29 Å². The van der Waals surface area contributed by atoms with E-state index in [4.69, 9.17) is 23.5 Å². The van der Waals surface area contributed by atoms with Gasteiger partial charge in [-0.2, -0.15) is 8.42 Å². The molecular weight excluding hydrogens is 717 g/mol. The SMILES string of the molecule is CC/C=C\C/C=C\C/C=C\C/C=C\CCCCCCCCCOCC(COC1OC(CO)C(O)C(OS(=O)(=O)O)C1O)OC(=O)CCCCCCCCC. The van der Waals surface area contributed by atoms with Crippen LogP contribution in [0.5, 0.6) is 0 Å². The van der Waals surface area contributed by atoms with Crippen LogP contribution in [0, 0.1) is 0 Å². The molecule has 1 aliphatic heterocycles. The summed E-state index contributed by atoms with van der Waals surface area (Å²) in [6.07, 6.45) is 28.9. The number of aliphatic hydroxyl groups excluding tert-OH is 3. The fourth-order valence-electron chi connectivity index (χ4n) is 5.90. The number of aliphatic hydroxyl groups is 3. The zero-order valence-electron chi connectivity index (χ0n) is 33.0. The number of carbonyl (C=O) groups is 1. The maximum absolute atomic E-state index is 12.7. The van der Waals surface area contributed by atoms with Gasteiger partial charge in [-0.15, -0.1) is 0 Å². The summed E-state index contributed by atoms with van der Waals surface area (Å²) >= 11 is 0. The first-order chi connectivity index (χ1) is 26.1. The van der Waals surface area contributed by atoms with E-state index >= 15 is 0 Å². The molecule has 6 unspecified atom stereocenters. The van der Waals surface area contributed by atoms with E-state index in [0.29, 0.717) is 13.0 Å². The smallest absolute Gasteiger partial charge is 0.397 e. The van der Waals surface area contributed by atoms with Crippen molar-refractivity contribution in [3.05, 3.63) is 48.6 Å². The number of unbranched alkanes of at least 4 members (excludes halogenated alkanes) is 13. The average molecular weight is 789 g/mol. The Bertz CT molecular complexity index is 1140. The topological polar surface area (TPSA) is 178 Å². The fraction of sp³-hybridized carbons (Fsp3) is 0.780. The van der Waals surface area contributed by atoms with E-state index in [1.807, 2.05) is 0 Å². The normalized spacial score (nSPS) is 21.6. The lowest BCUT2D eigenvalue weighted by molar-refractivity contribution is -0.301. The van der Waals surface area contributed by atoms with Gasteiger partial charge < -0.3 is 34.3 Å². The van der Waals surface area contributed by atoms with E-state index < -0.39 is 59.8 Å². The third kappa shape index (κ3) is 26.8. The van der Waals surface area contributed by atoms with Crippen molar-refractivity contribution in [1.82, 2.24) is 0 Å². The van der Waals surface area contributed by atoms with Crippen LogP contribution in [0.4, 0.5) is 0 Å². The van der Waals surface area contributed by atoms with Crippen molar-refractivity contribution in [3.8, 4) is 0 Å². The van der Waals surface area contributed by atoms with Crippen LogP contribution in [0.25, 0.3) is 0 Å². The molecule has 54 heavy (non-hydrogen) atoms. The van der Waals surface area contributed by atoms with Crippen LogP contribution >= 0.6 is 0 Å². The summed E-state index contributed by atoms with van der Waals surface area (Å²) in [7, 11) is -5.06. The van der Waals surface area contributed by atoms with Gasteiger partial charge in [-0.25, -0.2) is 4.18 Å². The molecule has 1 heterocycles. The second-order valence-corrected chi connectivity index (χ2v) is 14.9. The third-order valence-electron chi connectivity index (χ3n) is 8.97. The van der Waals surface area contributed by atoms with Crippen molar-refractivity contribution in [1.29, 1.82) is 0 Å². The lowest BCUT2D eigenvalue weighted by Gasteiger charge is -2.41. The zero-order chi connectivity index (χ0) is 39.7. The van der Waals surface area contributed by atoms with Gasteiger partial charge in [0.1, 0.15) is 30.5 Å². The number of rotatable bonds is 34. The molecule has 0 bridgehead atoms. The van der Waals surface area contributed by atoms with Crippen molar-refractivity contribution in [2.45, 2.75) is 179 Å². The van der Waals surface area contributed by atoms with E-state index in [0.717, 1.165) is 77.0 Å². The molecule has 0 aromatic heterocycles. The highest BCUT2D eigenvalue weighted by Gasteiger charge is 2.48. The van der Waals surface area contributed by atoms with E-state index in [9.17, 15) is 28.5 Å². The molecule has 0 aromatic rings. The predicted octanol–water partition coefficient (Wildman–Crippen LogP) is 7.63. The molecule has 1 aliphatic rings. The minimum atomic E-state index is -5.06. The largest absolute Gasteiger partial charge is 0.457 e. The first-order valence-electron chi connectivity index (χ1n) is 20.4. The molecule has 4 N–H and O–H groups in total. The Hall–Kier alpha value is -1.94. The molecule has 0 spiro atoms. The van der Waals surface area contributed by atoms with Gasteiger partial charge in [-0.3, -0.25) is 9.35 Å². The molecule has 1 fully saturated rings. The van der Waals surface area contributed by atoms with Crippen LogP contribution in [-0.4, -0.2) is 97.5 Å². The van der Waals surface area contributed by atoms with Gasteiger partial charge in [0.2, 0.25) is 0 Å². The van der Waals surface area contributed by atoms with Crippen LogP contribution in [0.2, 0.25) is 0 Å². The van der Waals surface area contributed by atoms with Crippen LogP contribution in [-0.2, 0) is 38.3 Å². The van der Waals surface area contributed by atoms with E-state index in [2.05, 4.69) is 66.6 Å². The van der Waals surface area contributed by atoms with E-state index in [1.54, 1.807) is 0 Å². The Morgan fingerprint density at radius 3 is 1.87 bits per heavy atom. The summed E-state index contributed by atoms with van der Waals surface area (Å²) in [6.45, 7) is 3.77. The quantitative estimate of drug-likeness (QED) is 0.0217. The molecular formula is C41H72O12S. The van der Waals surface area contributed by atoms with Crippen molar-refractivity contribution in [2.75, 3.05) is 26.4 Å². The molecule has 12 nitrogen and oxygen atoms in total. The number of hydrogen-bond donors (Lipinski definition) is 4. The van der Waals surface area contributed by atoms with Crippen LogP contribution in [0.1, 0.15) is 142 Å².